The van der Waals surface area contributed by atoms with Gasteiger partial charge in [-0.2, -0.15) is 0 Å². The van der Waals surface area contributed by atoms with Crippen molar-refractivity contribution in [3.63, 3.8) is 0 Å². The predicted octanol–water partition coefficient (Wildman–Crippen LogP) is 2.69. The van der Waals surface area contributed by atoms with E-state index in [9.17, 15) is 4.79 Å². The molecule has 4 nitrogen and oxygen atoms in total. The number of aromatic nitrogens is 1. The van der Waals surface area contributed by atoms with Crippen molar-refractivity contribution >= 4 is 5.78 Å². The molecule has 19 heavy (non-hydrogen) atoms. The van der Waals surface area contributed by atoms with Crippen molar-refractivity contribution in [2.45, 2.75) is 6.92 Å². The van der Waals surface area contributed by atoms with E-state index < -0.39 is 0 Å². The Morgan fingerprint density at radius 1 is 1.11 bits per heavy atom. The van der Waals surface area contributed by atoms with Gasteiger partial charge in [0.2, 0.25) is 5.78 Å². The van der Waals surface area contributed by atoms with Gasteiger partial charge in [0.05, 0.1) is 6.61 Å². The number of rotatable bonds is 6. The van der Waals surface area contributed by atoms with Gasteiger partial charge in [0.25, 0.3) is 0 Å². The molecule has 0 unspecified atom stereocenters. The molecule has 0 bridgehead atoms. The van der Waals surface area contributed by atoms with E-state index in [0.717, 1.165) is 5.75 Å². The van der Waals surface area contributed by atoms with Crippen LogP contribution in [-0.4, -0.2) is 23.6 Å². The number of ketones is 1. The smallest absolute Gasteiger partial charge is 0.201 e. The zero-order chi connectivity index (χ0) is 13.7. The molecule has 0 radical (unpaired) electrons. The Hall–Kier alpha value is -2.23. The van der Waals surface area contributed by atoms with Gasteiger partial charge < -0.3 is 14.0 Å². The van der Waals surface area contributed by atoms with E-state index in [2.05, 4.69) is 0 Å². The van der Waals surface area contributed by atoms with Crippen LogP contribution in [-0.2, 0) is 7.05 Å². The highest BCUT2D eigenvalue weighted by molar-refractivity contribution is 5.97. The van der Waals surface area contributed by atoms with E-state index in [4.69, 9.17) is 9.47 Å². The number of benzene rings is 1. The molecule has 0 spiro atoms. The lowest BCUT2D eigenvalue weighted by molar-refractivity contribution is 0.0921. The average molecular weight is 259 g/mol. The minimum Gasteiger partial charge on any atom is -0.494 e. The SMILES string of the molecule is CCOc1ccc(OCC(=O)c2ccn(C)c2)cc1. The van der Waals surface area contributed by atoms with Crippen molar-refractivity contribution in [3.05, 3.63) is 48.3 Å². The summed E-state index contributed by atoms with van der Waals surface area (Å²) < 4.78 is 12.6. The molecule has 0 amide bonds. The van der Waals surface area contributed by atoms with Gasteiger partial charge in [-0.1, -0.05) is 0 Å². The number of carbonyl (C=O) groups is 1. The minimum absolute atomic E-state index is 0.0329. The second-order valence-electron chi connectivity index (χ2n) is 4.18. The summed E-state index contributed by atoms with van der Waals surface area (Å²) >= 11 is 0. The number of Topliss-reactive ketones (excluding diaryl/α,β-unsaturated/α-hetero) is 1. The van der Waals surface area contributed by atoms with Crippen molar-refractivity contribution in [1.29, 1.82) is 0 Å². The third-order valence-corrected chi connectivity index (χ3v) is 2.66. The fourth-order valence-electron chi connectivity index (χ4n) is 1.70. The van der Waals surface area contributed by atoms with Crippen molar-refractivity contribution in [3.8, 4) is 11.5 Å². The molecule has 0 atom stereocenters. The third-order valence-electron chi connectivity index (χ3n) is 2.66. The van der Waals surface area contributed by atoms with Crippen LogP contribution in [0.25, 0.3) is 0 Å². The normalized spacial score (nSPS) is 10.2. The van der Waals surface area contributed by atoms with E-state index >= 15 is 0 Å². The van der Waals surface area contributed by atoms with E-state index in [1.54, 1.807) is 24.4 Å². The van der Waals surface area contributed by atoms with Crippen LogP contribution >= 0.6 is 0 Å². The zero-order valence-electron chi connectivity index (χ0n) is 11.1. The predicted molar refractivity (Wildman–Crippen MR) is 72.8 cm³/mol. The first-order valence-electron chi connectivity index (χ1n) is 6.20. The van der Waals surface area contributed by atoms with Crippen LogP contribution in [0.15, 0.2) is 42.7 Å². The number of hydrogen-bond acceptors (Lipinski definition) is 3. The highest BCUT2D eigenvalue weighted by atomic mass is 16.5. The molecule has 0 fully saturated rings. The molecule has 1 heterocycles. The van der Waals surface area contributed by atoms with Crippen LogP contribution < -0.4 is 9.47 Å². The first-order chi connectivity index (χ1) is 9.19. The molecule has 0 aliphatic carbocycles. The lowest BCUT2D eigenvalue weighted by Crippen LogP contribution is -2.10. The highest BCUT2D eigenvalue weighted by Crippen LogP contribution is 2.17. The van der Waals surface area contributed by atoms with E-state index in [1.165, 1.54) is 0 Å². The Bertz CT molecular complexity index is 543. The first-order valence-corrected chi connectivity index (χ1v) is 6.20. The second-order valence-corrected chi connectivity index (χ2v) is 4.18. The Balaban J connectivity index is 1.89. The zero-order valence-corrected chi connectivity index (χ0v) is 11.1. The van der Waals surface area contributed by atoms with Crippen molar-refractivity contribution < 1.29 is 14.3 Å². The molecule has 0 aliphatic rings. The molecule has 2 rings (SSSR count). The van der Waals surface area contributed by atoms with Crippen LogP contribution in [0, 0.1) is 0 Å². The summed E-state index contributed by atoms with van der Waals surface area (Å²) in [6, 6.07) is 9.02. The quantitative estimate of drug-likeness (QED) is 0.749. The van der Waals surface area contributed by atoms with E-state index in [0.29, 0.717) is 17.9 Å². The molecule has 0 saturated heterocycles. The summed E-state index contributed by atoms with van der Waals surface area (Å²) in [5.41, 5.74) is 0.661. The summed E-state index contributed by atoms with van der Waals surface area (Å²) in [7, 11) is 1.88. The maximum Gasteiger partial charge on any atom is 0.201 e. The van der Waals surface area contributed by atoms with Crippen molar-refractivity contribution in [2.24, 2.45) is 7.05 Å². The maximum absolute atomic E-state index is 11.8. The van der Waals surface area contributed by atoms with Crippen LogP contribution in [0.4, 0.5) is 0 Å². The molecular formula is C15H17NO3. The molecule has 0 aliphatic heterocycles. The lowest BCUT2D eigenvalue weighted by Gasteiger charge is -2.06. The van der Waals surface area contributed by atoms with Gasteiger partial charge in [-0.25, -0.2) is 0 Å². The van der Waals surface area contributed by atoms with Gasteiger partial charge in [0, 0.05) is 25.0 Å². The Morgan fingerprint density at radius 3 is 2.26 bits per heavy atom. The maximum atomic E-state index is 11.8. The second kappa shape index (κ2) is 6.09. The fraction of sp³-hybridized carbons (Fsp3) is 0.267. The topological polar surface area (TPSA) is 40.5 Å². The monoisotopic (exact) mass is 259 g/mol. The molecule has 100 valence electrons. The van der Waals surface area contributed by atoms with Crippen LogP contribution in [0.3, 0.4) is 0 Å². The first kappa shape index (κ1) is 13.2. The van der Waals surface area contributed by atoms with Crippen LogP contribution in [0.1, 0.15) is 17.3 Å². The van der Waals surface area contributed by atoms with Gasteiger partial charge in [-0.15, -0.1) is 0 Å². The fourth-order valence-corrected chi connectivity index (χ4v) is 1.70. The number of carbonyl (C=O) groups excluding carboxylic acids is 1. The summed E-state index contributed by atoms with van der Waals surface area (Å²) in [5, 5.41) is 0. The van der Waals surface area contributed by atoms with E-state index in [1.807, 2.05) is 36.9 Å². The number of ether oxygens (including phenoxy) is 2. The molecule has 4 heteroatoms. The standard InChI is InChI=1S/C15H17NO3/c1-3-18-13-4-6-14(7-5-13)19-11-15(17)12-8-9-16(2)10-12/h4-10H,3,11H2,1-2H3. The summed E-state index contributed by atoms with van der Waals surface area (Å²) in [4.78, 5) is 11.8. The summed E-state index contributed by atoms with van der Waals surface area (Å²) in [5.74, 6) is 1.42. The minimum atomic E-state index is -0.0329. The summed E-state index contributed by atoms with van der Waals surface area (Å²) in [6.45, 7) is 2.60. The number of nitrogens with zero attached hydrogens (tertiary/aromatic N) is 1. The third kappa shape index (κ3) is 3.61. The van der Waals surface area contributed by atoms with Gasteiger partial charge in [-0.3, -0.25) is 4.79 Å². The summed E-state index contributed by atoms with van der Waals surface area (Å²) in [6.07, 6.45) is 3.62. The number of hydrogen-bond donors (Lipinski definition) is 0. The van der Waals surface area contributed by atoms with Gasteiger partial charge in [0.15, 0.2) is 6.61 Å². The number of aryl methyl sites for hydroxylation is 1. The molecule has 1 aromatic heterocycles. The van der Waals surface area contributed by atoms with Crippen LogP contribution in [0.2, 0.25) is 0 Å². The van der Waals surface area contributed by atoms with Crippen LogP contribution in [0.5, 0.6) is 11.5 Å². The average Bonchev–Trinajstić information content (AvgIpc) is 2.85. The Morgan fingerprint density at radius 2 is 1.74 bits per heavy atom. The largest absolute Gasteiger partial charge is 0.494 e. The molecule has 1 aromatic carbocycles. The highest BCUT2D eigenvalue weighted by Gasteiger charge is 2.07. The van der Waals surface area contributed by atoms with Gasteiger partial charge >= 0.3 is 0 Å². The van der Waals surface area contributed by atoms with E-state index in [-0.39, 0.29) is 12.4 Å². The molecular weight excluding hydrogens is 242 g/mol. The van der Waals surface area contributed by atoms with Gasteiger partial charge in [0.1, 0.15) is 11.5 Å². The van der Waals surface area contributed by atoms with Gasteiger partial charge in [-0.05, 0) is 37.3 Å². The molecule has 2 aromatic rings. The lowest BCUT2D eigenvalue weighted by atomic mass is 10.2. The van der Waals surface area contributed by atoms with Crippen molar-refractivity contribution in [1.82, 2.24) is 4.57 Å². The molecule has 0 N–H and O–H groups in total. The Kier molecular flexibility index (Phi) is 4.23. The Labute approximate surface area is 112 Å². The van der Waals surface area contributed by atoms with Crippen molar-refractivity contribution in [2.75, 3.05) is 13.2 Å². The molecule has 0 saturated carbocycles.